The van der Waals surface area contributed by atoms with Crippen LogP contribution in [-0.4, -0.2) is 110 Å². The van der Waals surface area contributed by atoms with Crippen molar-refractivity contribution in [1.29, 1.82) is 0 Å². The van der Waals surface area contributed by atoms with Gasteiger partial charge in [0.05, 0.1) is 25.4 Å². The van der Waals surface area contributed by atoms with Gasteiger partial charge in [0.15, 0.2) is 6.29 Å². The summed E-state index contributed by atoms with van der Waals surface area (Å²) in [6, 6.07) is -1.18. The molecule has 11 nitrogen and oxygen atoms in total. The third kappa shape index (κ3) is 38.1. The summed E-state index contributed by atoms with van der Waals surface area (Å²) in [6.45, 7) is 3.48. The Hall–Kier alpha value is -1.15. The number of hydrogen-bond acceptors (Lipinski definition) is 10. The molecule has 1 aliphatic rings. The van der Waals surface area contributed by atoms with E-state index in [9.17, 15) is 40.5 Å². The number of amides is 1. The van der Waals surface area contributed by atoms with Crippen LogP contribution in [0.15, 0.2) is 12.2 Å². The van der Waals surface area contributed by atoms with Crippen LogP contribution in [0.25, 0.3) is 0 Å². The van der Waals surface area contributed by atoms with E-state index in [0.29, 0.717) is 12.8 Å². The van der Waals surface area contributed by atoms with Crippen LogP contribution in [0.4, 0.5) is 0 Å². The van der Waals surface area contributed by atoms with E-state index in [1.54, 1.807) is 0 Å². The lowest BCUT2D eigenvalue weighted by Gasteiger charge is -2.40. The smallest absolute Gasteiger partial charge is 0.249 e. The fourth-order valence-corrected chi connectivity index (χ4v) is 10.1. The maximum Gasteiger partial charge on any atom is 0.249 e. The molecule has 1 saturated heterocycles. The molecule has 9 unspecified atom stereocenters. The van der Waals surface area contributed by atoms with E-state index in [1.165, 1.54) is 218 Å². The van der Waals surface area contributed by atoms with Crippen LogP contribution >= 0.6 is 0 Å². The number of aliphatic hydroxyl groups is 7. The van der Waals surface area contributed by atoms with Gasteiger partial charge in [0.1, 0.15) is 36.6 Å². The monoisotopic (exact) mass is 1010 g/mol. The molecular weight excluding hydrogens is 895 g/mol. The second-order valence-corrected chi connectivity index (χ2v) is 21.8. The Morgan fingerprint density at radius 1 is 0.479 bits per heavy atom. The molecule has 11 heteroatoms. The quantitative estimate of drug-likeness (QED) is 0.0215. The van der Waals surface area contributed by atoms with Crippen molar-refractivity contribution >= 4 is 5.91 Å². The predicted molar refractivity (Wildman–Crippen MR) is 293 cm³/mol. The minimum absolute atomic E-state index is 0.259. The average molecular weight is 1010 g/mol. The second-order valence-electron chi connectivity index (χ2n) is 21.8. The van der Waals surface area contributed by atoms with E-state index in [0.717, 1.165) is 38.5 Å². The number of hydrogen-bond donors (Lipinski definition) is 8. The summed E-state index contributed by atoms with van der Waals surface area (Å²) in [7, 11) is 0. The normalized spacial score (nSPS) is 20.2. The molecule has 1 fully saturated rings. The zero-order valence-electron chi connectivity index (χ0n) is 46.2. The van der Waals surface area contributed by atoms with Gasteiger partial charge in [-0.05, 0) is 38.5 Å². The molecule has 0 radical (unpaired) electrons. The SMILES string of the molecule is CCCCCCCCCCCCCCCCCCCCCCC/C=C/CCCC(O)C(O)C(COC1OC(CO)C(O)C(O)C1O)NC(=O)C(O)CCCCCCCCCCCCCCCCCCCC. The van der Waals surface area contributed by atoms with E-state index >= 15 is 0 Å². The van der Waals surface area contributed by atoms with Crippen molar-refractivity contribution in [1.82, 2.24) is 5.32 Å². The van der Waals surface area contributed by atoms with E-state index in [4.69, 9.17) is 9.47 Å². The topological polar surface area (TPSA) is 189 Å². The Labute approximate surface area is 436 Å². The van der Waals surface area contributed by atoms with Gasteiger partial charge in [0.25, 0.3) is 0 Å². The fourth-order valence-electron chi connectivity index (χ4n) is 10.1. The highest BCUT2D eigenvalue weighted by atomic mass is 16.7. The Morgan fingerprint density at radius 3 is 1.21 bits per heavy atom. The van der Waals surface area contributed by atoms with Crippen molar-refractivity contribution in [3.05, 3.63) is 12.2 Å². The van der Waals surface area contributed by atoms with Crippen LogP contribution in [0.3, 0.4) is 0 Å². The number of carbonyl (C=O) groups excluding carboxylic acids is 1. The van der Waals surface area contributed by atoms with E-state index < -0.39 is 74.2 Å². The van der Waals surface area contributed by atoms with Crippen molar-refractivity contribution in [2.75, 3.05) is 13.2 Å². The number of nitrogens with one attached hydrogen (secondary N) is 1. The van der Waals surface area contributed by atoms with Gasteiger partial charge >= 0.3 is 0 Å². The Kier molecular flexibility index (Phi) is 47.5. The largest absolute Gasteiger partial charge is 0.394 e. The lowest BCUT2D eigenvalue weighted by molar-refractivity contribution is -0.303. The van der Waals surface area contributed by atoms with Crippen molar-refractivity contribution in [2.45, 2.75) is 351 Å². The highest BCUT2D eigenvalue weighted by Gasteiger charge is 2.44. The first-order valence-corrected chi connectivity index (χ1v) is 30.6. The molecule has 422 valence electrons. The van der Waals surface area contributed by atoms with Crippen molar-refractivity contribution in [2.24, 2.45) is 0 Å². The van der Waals surface area contributed by atoms with Crippen molar-refractivity contribution in [3.8, 4) is 0 Å². The minimum Gasteiger partial charge on any atom is -0.394 e. The second kappa shape index (κ2) is 49.7. The summed E-state index contributed by atoms with van der Waals surface area (Å²) in [4.78, 5) is 13.2. The highest BCUT2D eigenvalue weighted by Crippen LogP contribution is 2.24. The highest BCUT2D eigenvalue weighted by molar-refractivity contribution is 5.80. The van der Waals surface area contributed by atoms with Crippen LogP contribution in [0.1, 0.15) is 296 Å². The first-order chi connectivity index (χ1) is 34.7. The van der Waals surface area contributed by atoms with Gasteiger partial charge in [-0.3, -0.25) is 4.79 Å². The van der Waals surface area contributed by atoms with E-state index in [2.05, 4.69) is 31.3 Å². The molecule has 1 heterocycles. The summed E-state index contributed by atoms with van der Waals surface area (Å²) >= 11 is 0. The predicted octanol–water partition coefficient (Wildman–Crippen LogP) is 13.1. The third-order valence-corrected chi connectivity index (χ3v) is 15.1. The maximum atomic E-state index is 13.2. The summed E-state index contributed by atoms with van der Waals surface area (Å²) < 4.78 is 11.1. The molecule has 0 aromatic heterocycles. The molecule has 1 aliphatic heterocycles. The van der Waals surface area contributed by atoms with Gasteiger partial charge in [-0.15, -0.1) is 0 Å². The van der Waals surface area contributed by atoms with Gasteiger partial charge in [0.2, 0.25) is 5.91 Å². The first kappa shape index (κ1) is 67.9. The number of ether oxygens (including phenoxy) is 2. The third-order valence-electron chi connectivity index (χ3n) is 15.1. The average Bonchev–Trinajstić information content (AvgIpc) is 3.37. The molecule has 1 rings (SSSR count). The van der Waals surface area contributed by atoms with Crippen molar-refractivity contribution < 1.29 is 50.0 Å². The molecule has 0 spiro atoms. The fraction of sp³-hybridized carbons (Fsp3) is 0.950. The van der Waals surface area contributed by atoms with Gasteiger partial charge in [0, 0.05) is 0 Å². The summed E-state index contributed by atoms with van der Waals surface area (Å²) in [5, 5.41) is 76.2. The van der Waals surface area contributed by atoms with Crippen LogP contribution in [0.2, 0.25) is 0 Å². The van der Waals surface area contributed by atoms with Gasteiger partial charge in [-0.1, -0.05) is 270 Å². The standard InChI is InChI=1S/C60H117NO10/c1-3-5-7-9-11-13-15-17-19-21-23-24-25-26-27-28-29-30-32-33-35-37-39-41-43-45-47-52(63)55(65)51(50-70-60-58(68)57(67)56(66)54(49-62)71-60)61-59(69)53(64)48-46-44-42-40-38-36-34-31-22-20-18-16-14-12-10-8-6-4-2/h39,41,51-58,60,62-68H,3-38,40,42-50H2,1-2H3,(H,61,69)/b41-39+. The maximum absolute atomic E-state index is 13.2. The Balaban J connectivity index is 2.28. The van der Waals surface area contributed by atoms with Gasteiger partial charge in [-0.25, -0.2) is 0 Å². The minimum atomic E-state index is -1.67. The van der Waals surface area contributed by atoms with Crippen LogP contribution in [0, 0.1) is 0 Å². The molecular formula is C60H117NO10. The van der Waals surface area contributed by atoms with E-state index in [-0.39, 0.29) is 12.8 Å². The zero-order chi connectivity index (χ0) is 51.8. The number of unbranched alkanes of at least 4 members (excludes halogenated alkanes) is 39. The van der Waals surface area contributed by atoms with Crippen LogP contribution in [-0.2, 0) is 14.3 Å². The Bertz CT molecular complexity index is 1160. The molecule has 0 aliphatic carbocycles. The lowest BCUT2D eigenvalue weighted by atomic mass is 9.98. The van der Waals surface area contributed by atoms with Gasteiger partial charge < -0.3 is 50.5 Å². The molecule has 0 aromatic carbocycles. The Morgan fingerprint density at radius 2 is 0.831 bits per heavy atom. The van der Waals surface area contributed by atoms with E-state index in [1.807, 2.05) is 0 Å². The van der Waals surface area contributed by atoms with Gasteiger partial charge in [-0.2, -0.15) is 0 Å². The van der Waals surface area contributed by atoms with Crippen LogP contribution in [0.5, 0.6) is 0 Å². The van der Waals surface area contributed by atoms with Crippen LogP contribution < -0.4 is 5.32 Å². The molecule has 8 N–H and O–H groups in total. The number of rotatable bonds is 53. The summed E-state index contributed by atoms with van der Waals surface area (Å²) in [5.41, 5.74) is 0. The number of aliphatic hydroxyl groups excluding tert-OH is 7. The molecule has 71 heavy (non-hydrogen) atoms. The number of carbonyl (C=O) groups is 1. The molecule has 9 atom stereocenters. The molecule has 0 saturated carbocycles. The summed E-state index contributed by atoms with van der Waals surface area (Å²) in [5.74, 6) is -0.700. The summed E-state index contributed by atoms with van der Waals surface area (Å²) in [6.07, 6.45) is 47.0. The van der Waals surface area contributed by atoms with Crippen molar-refractivity contribution in [3.63, 3.8) is 0 Å². The molecule has 1 amide bonds. The lowest BCUT2D eigenvalue weighted by Crippen LogP contribution is -2.60. The number of allylic oxidation sites excluding steroid dienone is 2. The molecule has 0 bridgehead atoms. The molecule has 0 aromatic rings. The first-order valence-electron chi connectivity index (χ1n) is 30.6. The zero-order valence-corrected chi connectivity index (χ0v) is 46.2.